The van der Waals surface area contributed by atoms with Crippen molar-refractivity contribution >= 4 is 22.7 Å². The van der Waals surface area contributed by atoms with Crippen molar-refractivity contribution in [3.8, 4) is 22.9 Å². The van der Waals surface area contributed by atoms with Crippen LogP contribution < -0.4 is 9.47 Å². The first-order valence-corrected chi connectivity index (χ1v) is 7.78. The van der Waals surface area contributed by atoms with Crippen molar-refractivity contribution in [3.05, 3.63) is 59.5 Å². The minimum atomic E-state index is -0.972. The van der Waals surface area contributed by atoms with E-state index in [0.717, 1.165) is 12.1 Å². The fourth-order valence-electron chi connectivity index (χ4n) is 2.22. The molecule has 0 radical (unpaired) electrons. The maximum atomic E-state index is 13.3. The molecule has 8 heteroatoms. The molecular formula is C18H13ClF2N2O3. The standard InChI is InChI=1S/C18H13ClF2N2O3/c1-24-15-6-4-11(9-16(15)25-2)17-22-18(26-23-17)12(19)7-10-3-5-13(20)14(21)8-10/h3-9H,1-2H3/b12-7-. The molecule has 3 rings (SSSR count). The van der Waals surface area contributed by atoms with Crippen molar-refractivity contribution in [2.45, 2.75) is 0 Å². The molecule has 1 aromatic heterocycles. The molecule has 0 aliphatic carbocycles. The zero-order valence-corrected chi connectivity index (χ0v) is 14.6. The van der Waals surface area contributed by atoms with Crippen molar-refractivity contribution < 1.29 is 22.8 Å². The number of rotatable bonds is 5. The van der Waals surface area contributed by atoms with Gasteiger partial charge >= 0.3 is 0 Å². The Kier molecular flexibility index (Phi) is 5.18. The van der Waals surface area contributed by atoms with Gasteiger partial charge in [-0.25, -0.2) is 8.78 Å². The van der Waals surface area contributed by atoms with E-state index in [9.17, 15) is 8.78 Å². The Morgan fingerprint density at radius 2 is 1.81 bits per heavy atom. The lowest BCUT2D eigenvalue weighted by molar-refractivity contribution is 0.355. The van der Waals surface area contributed by atoms with Gasteiger partial charge in [0, 0.05) is 5.56 Å². The summed E-state index contributed by atoms with van der Waals surface area (Å²) in [5, 5.41) is 3.96. The van der Waals surface area contributed by atoms with Gasteiger partial charge in [-0.1, -0.05) is 22.8 Å². The van der Waals surface area contributed by atoms with Gasteiger partial charge in [0.15, 0.2) is 23.1 Å². The highest BCUT2D eigenvalue weighted by molar-refractivity contribution is 6.50. The molecule has 0 amide bonds. The lowest BCUT2D eigenvalue weighted by atomic mass is 10.2. The SMILES string of the molecule is COc1ccc(-c2noc(/C(Cl)=C/c3ccc(F)c(F)c3)n2)cc1OC. The van der Waals surface area contributed by atoms with Gasteiger partial charge in [-0.2, -0.15) is 4.98 Å². The van der Waals surface area contributed by atoms with E-state index in [2.05, 4.69) is 10.1 Å². The smallest absolute Gasteiger partial charge is 0.269 e. The van der Waals surface area contributed by atoms with Crippen LogP contribution in [0.25, 0.3) is 22.5 Å². The first-order valence-electron chi connectivity index (χ1n) is 7.40. The second-order valence-electron chi connectivity index (χ2n) is 5.16. The van der Waals surface area contributed by atoms with Crippen molar-refractivity contribution in [3.63, 3.8) is 0 Å². The summed E-state index contributed by atoms with van der Waals surface area (Å²) in [5.41, 5.74) is 0.995. The second-order valence-corrected chi connectivity index (χ2v) is 5.57. The Morgan fingerprint density at radius 1 is 1.04 bits per heavy atom. The molecule has 0 spiro atoms. The summed E-state index contributed by atoms with van der Waals surface area (Å²) in [6.07, 6.45) is 1.40. The number of hydrogen-bond acceptors (Lipinski definition) is 5. The number of benzene rings is 2. The molecule has 2 aromatic carbocycles. The van der Waals surface area contributed by atoms with Gasteiger partial charge in [0.05, 0.1) is 14.2 Å². The summed E-state index contributed by atoms with van der Waals surface area (Å²) < 4.78 is 41.8. The number of hydrogen-bond donors (Lipinski definition) is 0. The zero-order chi connectivity index (χ0) is 18.7. The first-order chi connectivity index (χ1) is 12.5. The molecule has 134 valence electrons. The van der Waals surface area contributed by atoms with Crippen LogP contribution >= 0.6 is 11.6 Å². The number of methoxy groups -OCH3 is 2. The van der Waals surface area contributed by atoms with Crippen molar-refractivity contribution in [2.24, 2.45) is 0 Å². The van der Waals surface area contributed by atoms with E-state index in [0.29, 0.717) is 22.6 Å². The van der Waals surface area contributed by atoms with Crippen LogP contribution in [0.1, 0.15) is 11.5 Å². The molecule has 26 heavy (non-hydrogen) atoms. The highest BCUT2D eigenvalue weighted by Gasteiger charge is 2.14. The average molecular weight is 379 g/mol. The number of nitrogens with zero attached hydrogens (tertiary/aromatic N) is 2. The van der Waals surface area contributed by atoms with Crippen LogP contribution in [-0.4, -0.2) is 24.4 Å². The Morgan fingerprint density at radius 3 is 2.50 bits per heavy atom. The Labute approximate surface area is 152 Å². The molecule has 5 nitrogen and oxygen atoms in total. The van der Waals surface area contributed by atoms with Gasteiger partial charge in [-0.05, 0) is 42.0 Å². The summed E-state index contributed by atoms with van der Waals surface area (Å²) in [6.45, 7) is 0. The molecule has 1 heterocycles. The molecule has 0 aliphatic rings. The molecule has 0 saturated heterocycles. The van der Waals surface area contributed by atoms with Gasteiger partial charge in [0.25, 0.3) is 5.89 Å². The van der Waals surface area contributed by atoms with Crippen molar-refractivity contribution in [1.82, 2.24) is 10.1 Å². The molecule has 0 aliphatic heterocycles. The predicted molar refractivity (Wildman–Crippen MR) is 92.9 cm³/mol. The van der Waals surface area contributed by atoms with Gasteiger partial charge in [0.1, 0.15) is 5.03 Å². The zero-order valence-electron chi connectivity index (χ0n) is 13.8. The van der Waals surface area contributed by atoms with Gasteiger partial charge in [0.2, 0.25) is 5.82 Å². The van der Waals surface area contributed by atoms with E-state index < -0.39 is 11.6 Å². The van der Waals surface area contributed by atoms with Gasteiger partial charge in [-0.3, -0.25) is 0 Å². The summed E-state index contributed by atoms with van der Waals surface area (Å²) in [6, 6.07) is 8.55. The molecule has 0 fully saturated rings. The molecule has 0 bridgehead atoms. The third-order valence-corrected chi connectivity index (χ3v) is 3.78. The quantitative estimate of drug-likeness (QED) is 0.640. The average Bonchev–Trinajstić information content (AvgIpc) is 3.14. The van der Waals surface area contributed by atoms with Crippen LogP contribution in [0.5, 0.6) is 11.5 Å². The van der Waals surface area contributed by atoms with E-state index >= 15 is 0 Å². The fraction of sp³-hybridized carbons (Fsp3) is 0.111. The largest absolute Gasteiger partial charge is 0.493 e. The Bertz CT molecular complexity index is 973. The van der Waals surface area contributed by atoms with Gasteiger partial charge in [-0.15, -0.1) is 0 Å². The number of ether oxygens (including phenoxy) is 2. The number of aromatic nitrogens is 2. The summed E-state index contributed by atoms with van der Waals surface area (Å²) in [4.78, 5) is 4.21. The van der Waals surface area contributed by atoms with Crippen LogP contribution in [0.4, 0.5) is 8.78 Å². The number of halogens is 3. The van der Waals surface area contributed by atoms with Gasteiger partial charge < -0.3 is 14.0 Å². The van der Waals surface area contributed by atoms with Crippen LogP contribution in [-0.2, 0) is 0 Å². The summed E-state index contributed by atoms with van der Waals surface area (Å²) in [7, 11) is 3.05. The predicted octanol–water partition coefficient (Wildman–Crippen LogP) is 4.77. The summed E-state index contributed by atoms with van der Waals surface area (Å²) >= 11 is 6.14. The lowest BCUT2D eigenvalue weighted by Gasteiger charge is -2.07. The maximum absolute atomic E-state index is 13.3. The maximum Gasteiger partial charge on any atom is 0.269 e. The van der Waals surface area contributed by atoms with E-state index in [4.69, 9.17) is 25.6 Å². The van der Waals surface area contributed by atoms with Crippen LogP contribution in [0.3, 0.4) is 0 Å². The van der Waals surface area contributed by atoms with Crippen molar-refractivity contribution in [2.75, 3.05) is 14.2 Å². The topological polar surface area (TPSA) is 57.4 Å². The van der Waals surface area contributed by atoms with Crippen molar-refractivity contribution in [1.29, 1.82) is 0 Å². The molecular weight excluding hydrogens is 366 g/mol. The van der Waals surface area contributed by atoms with Crippen LogP contribution in [0, 0.1) is 11.6 Å². The minimum absolute atomic E-state index is 0.0428. The second kappa shape index (κ2) is 7.53. The Hall–Kier alpha value is -2.93. The molecule has 0 unspecified atom stereocenters. The van der Waals surface area contributed by atoms with E-state index in [1.807, 2.05) is 0 Å². The highest BCUT2D eigenvalue weighted by Crippen LogP contribution is 2.32. The molecule has 0 N–H and O–H groups in total. The summed E-state index contributed by atoms with van der Waals surface area (Å²) in [5.74, 6) is -0.499. The minimum Gasteiger partial charge on any atom is -0.493 e. The van der Waals surface area contributed by atoms with Crippen LogP contribution in [0.2, 0.25) is 0 Å². The highest BCUT2D eigenvalue weighted by atomic mass is 35.5. The van der Waals surface area contributed by atoms with E-state index in [1.165, 1.54) is 26.4 Å². The third-order valence-electron chi connectivity index (χ3n) is 3.51. The van der Waals surface area contributed by atoms with E-state index in [1.54, 1.807) is 18.2 Å². The van der Waals surface area contributed by atoms with Crippen LogP contribution in [0.15, 0.2) is 40.9 Å². The Balaban J connectivity index is 1.89. The monoisotopic (exact) mass is 378 g/mol. The molecule has 0 saturated carbocycles. The fourth-order valence-corrected chi connectivity index (χ4v) is 2.43. The lowest BCUT2D eigenvalue weighted by Crippen LogP contribution is -1.91. The molecule has 0 atom stereocenters. The normalized spacial score (nSPS) is 11.5. The molecule has 3 aromatic rings. The first kappa shape index (κ1) is 17.9. The third kappa shape index (κ3) is 3.67. The van der Waals surface area contributed by atoms with E-state index in [-0.39, 0.29) is 16.7 Å².